The van der Waals surface area contributed by atoms with Gasteiger partial charge in [-0.1, -0.05) is 23.7 Å². The summed E-state index contributed by atoms with van der Waals surface area (Å²) in [5.41, 5.74) is -0.0828. The highest BCUT2D eigenvalue weighted by atomic mass is 35.5. The van der Waals surface area contributed by atoms with Crippen LogP contribution in [-0.2, 0) is 14.3 Å². The van der Waals surface area contributed by atoms with Gasteiger partial charge >= 0.3 is 5.97 Å². The van der Waals surface area contributed by atoms with Crippen molar-refractivity contribution in [2.24, 2.45) is 17.8 Å². The van der Waals surface area contributed by atoms with Crippen molar-refractivity contribution in [3.05, 3.63) is 29.3 Å². The van der Waals surface area contributed by atoms with Crippen LogP contribution in [0.4, 0.5) is 0 Å². The molecule has 0 aliphatic heterocycles. The van der Waals surface area contributed by atoms with Crippen molar-refractivity contribution in [2.75, 3.05) is 6.61 Å². The zero-order valence-corrected chi connectivity index (χ0v) is 16.3. The Balaban J connectivity index is 1.28. The van der Waals surface area contributed by atoms with Crippen LogP contribution in [0.3, 0.4) is 0 Å². The van der Waals surface area contributed by atoms with E-state index in [9.17, 15) is 9.59 Å². The lowest BCUT2D eigenvalue weighted by Crippen LogP contribution is -2.61. The summed E-state index contributed by atoms with van der Waals surface area (Å²) in [5.74, 6) is 1.88. The molecule has 5 nitrogen and oxygen atoms in total. The third-order valence-electron chi connectivity index (χ3n) is 6.29. The Hall–Kier alpha value is -1.75. The van der Waals surface area contributed by atoms with E-state index >= 15 is 0 Å². The fourth-order valence-electron chi connectivity index (χ4n) is 5.61. The summed E-state index contributed by atoms with van der Waals surface area (Å²) in [6.07, 6.45) is 6.33. The van der Waals surface area contributed by atoms with E-state index in [4.69, 9.17) is 21.1 Å². The summed E-state index contributed by atoms with van der Waals surface area (Å²) in [7, 11) is 0. The van der Waals surface area contributed by atoms with Gasteiger partial charge in [-0.2, -0.15) is 0 Å². The van der Waals surface area contributed by atoms with Gasteiger partial charge in [0, 0.05) is 5.54 Å². The predicted octanol–water partition coefficient (Wildman–Crippen LogP) is 3.74. The fourth-order valence-corrected chi connectivity index (χ4v) is 5.80. The number of rotatable bonds is 6. The molecule has 0 radical (unpaired) electrons. The molecule has 1 aromatic carbocycles. The van der Waals surface area contributed by atoms with Gasteiger partial charge in [0.05, 0.1) is 5.02 Å². The molecule has 4 aliphatic carbocycles. The number of hydrogen-bond acceptors (Lipinski definition) is 4. The van der Waals surface area contributed by atoms with Crippen molar-refractivity contribution in [3.63, 3.8) is 0 Å². The zero-order chi connectivity index (χ0) is 19.0. The maximum Gasteiger partial charge on any atom is 0.344 e. The number of amides is 1. The second-order valence-corrected chi connectivity index (χ2v) is 8.95. The van der Waals surface area contributed by atoms with Crippen LogP contribution < -0.4 is 10.1 Å². The third-order valence-corrected chi connectivity index (χ3v) is 6.60. The fraction of sp³-hybridized carbons (Fsp3) is 0.619. The Morgan fingerprint density at radius 3 is 2.33 bits per heavy atom. The van der Waals surface area contributed by atoms with Gasteiger partial charge in [-0.15, -0.1) is 0 Å². The number of ether oxygens (including phenoxy) is 2. The first-order chi connectivity index (χ1) is 12.9. The molecule has 1 atom stereocenters. The van der Waals surface area contributed by atoms with Gasteiger partial charge in [0.1, 0.15) is 5.75 Å². The average Bonchev–Trinajstić information content (AvgIpc) is 2.59. The molecule has 1 amide bonds. The molecular formula is C21H26ClNO4. The van der Waals surface area contributed by atoms with Gasteiger partial charge in [-0.25, -0.2) is 4.79 Å². The molecule has 6 heteroatoms. The van der Waals surface area contributed by atoms with E-state index in [1.807, 2.05) is 0 Å². The summed E-state index contributed by atoms with van der Waals surface area (Å²) < 4.78 is 10.6. The van der Waals surface area contributed by atoms with E-state index in [2.05, 4.69) is 5.32 Å². The first-order valence-corrected chi connectivity index (χ1v) is 10.2. The average molecular weight is 392 g/mol. The molecule has 5 rings (SSSR count). The lowest BCUT2D eigenvalue weighted by Gasteiger charge is -2.57. The minimum Gasteiger partial charge on any atom is -0.480 e. The molecule has 4 bridgehead atoms. The van der Waals surface area contributed by atoms with Crippen molar-refractivity contribution in [2.45, 2.75) is 57.1 Å². The summed E-state index contributed by atoms with van der Waals surface area (Å²) in [4.78, 5) is 24.7. The van der Waals surface area contributed by atoms with E-state index in [0.717, 1.165) is 37.0 Å². The van der Waals surface area contributed by atoms with E-state index in [0.29, 0.717) is 10.8 Å². The number of nitrogens with one attached hydrogen (secondary N) is 1. The Kier molecular flexibility index (Phi) is 5.06. The quantitative estimate of drug-likeness (QED) is 0.750. The zero-order valence-electron chi connectivity index (χ0n) is 15.6. The first-order valence-electron chi connectivity index (χ1n) is 9.81. The Morgan fingerprint density at radius 1 is 1.15 bits per heavy atom. The predicted molar refractivity (Wildman–Crippen MR) is 102 cm³/mol. The van der Waals surface area contributed by atoms with Crippen LogP contribution >= 0.6 is 11.6 Å². The highest BCUT2D eigenvalue weighted by Gasteiger charge is 2.51. The Bertz CT molecular complexity index is 699. The largest absolute Gasteiger partial charge is 0.480 e. The van der Waals surface area contributed by atoms with E-state index in [1.165, 1.54) is 19.3 Å². The second kappa shape index (κ2) is 7.34. The van der Waals surface area contributed by atoms with E-state index in [1.54, 1.807) is 31.2 Å². The molecule has 0 aromatic heterocycles. The molecule has 0 saturated heterocycles. The van der Waals surface area contributed by atoms with Crippen molar-refractivity contribution in [1.29, 1.82) is 0 Å². The summed E-state index contributed by atoms with van der Waals surface area (Å²) in [6, 6.07) is 6.92. The number of halogens is 1. The normalized spacial score (nSPS) is 32.0. The summed E-state index contributed by atoms with van der Waals surface area (Å²) in [5, 5.41) is 3.66. The maximum atomic E-state index is 12.6. The highest BCUT2D eigenvalue weighted by Crippen LogP contribution is 2.55. The van der Waals surface area contributed by atoms with Crippen LogP contribution in [0.15, 0.2) is 24.3 Å². The van der Waals surface area contributed by atoms with Crippen LogP contribution in [0, 0.1) is 17.8 Å². The molecule has 0 unspecified atom stereocenters. The van der Waals surface area contributed by atoms with Gasteiger partial charge < -0.3 is 14.8 Å². The van der Waals surface area contributed by atoms with Crippen LogP contribution in [0.2, 0.25) is 5.02 Å². The molecule has 146 valence electrons. The Morgan fingerprint density at radius 2 is 1.74 bits per heavy atom. The van der Waals surface area contributed by atoms with Crippen LogP contribution in [0.1, 0.15) is 45.4 Å². The first kappa shape index (κ1) is 18.6. The lowest BCUT2D eigenvalue weighted by atomic mass is 9.53. The molecule has 4 aliphatic rings. The molecule has 27 heavy (non-hydrogen) atoms. The minimum absolute atomic E-state index is 0.0828. The molecule has 4 fully saturated rings. The van der Waals surface area contributed by atoms with Gasteiger partial charge in [0.15, 0.2) is 12.7 Å². The molecule has 0 spiro atoms. The molecule has 0 heterocycles. The monoisotopic (exact) mass is 391 g/mol. The molecular weight excluding hydrogens is 366 g/mol. The smallest absolute Gasteiger partial charge is 0.344 e. The highest BCUT2D eigenvalue weighted by molar-refractivity contribution is 6.32. The topological polar surface area (TPSA) is 64.6 Å². The molecule has 4 saturated carbocycles. The third kappa shape index (κ3) is 4.08. The number of carbonyl (C=O) groups excluding carboxylic acids is 2. The van der Waals surface area contributed by atoms with Crippen LogP contribution in [0.25, 0.3) is 0 Å². The van der Waals surface area contributed by atoms with E-state index < -0.39 is 12.1 Å². The van der Waals surface area contributed by atoms with Crippen molar-refractivity contribution in [3.8, 4) is 5.75 Å². The van der Waals surface area contributed by atoms with Gasteiger partial charge in [0.25, 0.3) is 5.91 Å². The number of esters is 1. The van der Waals surface area contributed by atoms with Crippen LogP contribution in [-0.4, -0.2) is 30.1 Å². The van der Waals surface area contributed by atoms with Crippen molar-refractivity contribution < 1.29 is 19.1 Å². The number of benzene rings is 1. The number of hydrogen-bond donors (Lipinski definition) is 1. The van der Waals surface area contributed by atoms with Crippen LogP contribution in [0.5, 0.6) is 5.75 Å². The second-order valence-electron chi connectivity index (χ2n) is 8.54. The Labute approximate surface area is 164 Å². The van der Waals surface area contributed by atoms with Gasteiger partial charge in [-0.3, -0.25) is 4.79 Å². The van der Waals surface area contributed by atoms with Gasteiger partial charge in [-0.05, 0) is 75.3 Å². The summed E-state index contributed by atoms with van der Waals surface area (Å²) in [6.45, 7) is 1.34. The van der Waals surface area contributed by atoms with E-state index in [-0.39, 0.29) is 18.1 Å². The van der Waals surface area contributed by atoms with Crippen molar-refractivity contribution in [1.82, 2.24) is 5.32 Å². The SMILES string of the molecule is C[C@H](OC(=O)COc1ccccc1Cl)C(=O)NC12CC3CC(CC(C3)C1)C2. The number of para-hydroxylation sites is 1. The number of carbonyl (C=O) groups is 2. The lowest BCUT2D eigenvalue weighted by molar-refractivity contribution is -0.158. The standard InChI is InChI=1S/C21H26ClNO4/c1-13(27-19(24)12-26-18-5-3-2-4-17(18)22)20(25)23-21-9-14-6-15(10-21)8-16(7-14)11-21/h2-5,13-16H,6-12H2,1H3,(H,23,25)/t13-,14?,15?,16?,21?/m0/s1. The van der Waals surface area contributed by atoms with Gasteiger partial charge in [0.2, 0.25) is 0 Å². The molecule has 1 N–H and O–H groups in total. The summed E-state index contributed by atoms with van der Waals surface area (Å²) >= 11 is 5.99. The van der Waals surface area contributed by atoms with Crippen molar-refractivity contribution >= 4 is 23.5 Å². The maximum absolute atomic E-state index is 12.6. The minimum atomic E-state index is -0.833. The molecule has 1 aromatic rings.